The third-order valence-electron chi connectivity index (χ3n) is 1.69. The van der Waals surface area contributed by atoms with Gasteiger partial charge in [-0.05, 0) is 19.4 Å². The maximum absolute atomic E-state index is 3.43. The van der Waals surface area contributed by atoms with Crippen LogP contribution in [0.2, 0.25) is 0 Å². The standard InChI is InChI=1S/C8H15N/c1-2-5-8-6-3-4-7-9-8/h3,6,8-9H,2,4-5,7H2,1H3. The molecule has 1 N–H and O–H groups in total. The van der Waals surface area contributed by atoms with E-state index >= 15 is 0 Å². The molecule has 1 aliphatic rings. The smallest absolute Gasteiger partial charge is 0.0250 e. The third kappa shape index (κ3) is 2.19. The van der Waals surface area contributed by atoms with E-state index in [0.717, 1.165) is 0 Å². The average molecular weight is 125 g/mol. The molecule has 0 saturated heterocycles. The summed E-state index contributed by atoms with van der Waals surface area (Å²) >= 11 is 0. The van der Waals surface area contributed by atoms with E-state index in [2.05, 4.69) is 24.4 Å². The molecule has 0 aromatic heterocycles. The van der Waals surface area contributed by atoms with Gasteiger partial charge >= 0.3 is 0 Å². The third-order valence-corrected chi connectivity index (χ3v) is 1.69. The molecule has 1 heteroatoms. The Labute approximate surface area is 57.1 Å². The summed E-state index contributed by atoms with van der Waals surface area (Å²) in [6.07, 6.45) is 8.34. The van der Waals surface area contributed by atoms with Crippen molar-refractivity contribution in [2.24, 2.45) is 0 Å². The van der Waals surface area contributed by atoms with Crippen molar-refractivity contribution in [3.05, 3.63) is 12.2 Å². The largest absolute Gasteiger partial charge is 0.310 e. The molecule has 0 aromatic rings. The molecule has 1 unspecified atom stereocenters. The SMILES string of the molecule is CCCC1C=CCCN1. The van der Waals surface area contributed by atoms with E-state index in [-0.39, 0.29) is 0 Å². The summed E-state index contributed by atoms with van der Waals surface area (Å²) in [6.45, 7) is 3.39. The van der Waals surface area contributed by atoms with Crippen LogP contribution in [0.1, 0.15) is 26.2 Å². The minimum Gasteiger partial charge on any atom is -0.310 e. The lowest BCUT2D eigenvalue weighted by atomic mass is 10.1. The van der Waals surface area contributed by atoms with Gasteiger partial charge in [0.1, 0.15) is 0 Å². The van der Waals surface area contributed by atoms with Gasteiger partial charge in [-0.15, -0.1) is 0 Å². The van der Waals surface area contributed by atoms with Crippen molar-refractivity contribution < 1.29 is 0 Å². The highest BCUT2D eigenvalue weighted by Gasteiger charge is 2.03. The molecule has 0 amide bonds. The lowest BCUT2D eigenvalue weighted by molar-refractivity contribution is 0.536. The van der Waals surface area contributed by atoms with Crippen LogP contribution < -0.4 is 5.32 Å². The van der Waals surface area contributed by atoms with Crippen LogP contribution in [0.5, 0.6) is 0 Å². The van der Waals surface area contributed by atoms with Gasteiger partial charge < -0.3 is 5.32 Å². The maximum atomic E-state index is 3.43. The Morgan fingerprint density at radius 3 is 3.11 bits per heavy atom. The van der Waals surface area contributed by atoms with Gasteiger partial charge in [0.05, 0.1) is 0 Å². The number of rotatable bonds is 2. The summed E-state index contributed by atoms with van der Waals surface area (Å²) in [5, 5.41) is 3.43. The van der Waals surface area contributed by atoms with Crippen LogP contribution in [-0.4, -0.2) is 12.6 Å². The quantitative estimate of drug-likeness (QED) is 0.554. The van der Waals surface area contributed by atoms with Gasteiger partial charge in [-0.25, -0.2) is 0 Å². The molecule has 0 saturated carbocycles. The van der Waals surface area contributed by atoms with Crippen LogP contribution in [-0.2, 0) is 0 Å². The van der Waals surface area contributed by atoms with E-state index in [9.17, 15) is 0 Å². The molecule has 0 aliphatic carbocycles. The number of nitrogens with one attached hydrogen (secondary N) is 1. The van der Waals surface area contributed by atoms with E-state index in [1.54, 1.807) is 0 Å². The minimum atomic E-state index is 0.670. The second-order valence-electron chi connectivity index (χ2n) is 2.57. The summed E-state index contributed by atoms with van der Waals surface area (Å²) in [6, 6.07) is 0.670. The zero-order valence-corrected chi connectivity index (χ0v) is 6.06. The Balaban J connectivity index is 2.23. The van der Waals surface area contributed by atoms with E-state index in [0.29, 0.717) is 6.04 Å². The van der Waals surface area contributed by atoms with Crippen molar-refractivity contribution in [2.45, 2.75) is 32.2 Å². The van der Waals surface area contributed by atoms with Crippen molar-refractivity contribution >= 4 is 0 Å². The summed E-state index contributed by atoms with van der Waals surface area (Å²) in [4.78, 5) is 0. The molecule has 0 spiro atoms. The van der Waals surface area contributed by atoms with Crippen LogP contribution >= 0.6 is 0 Å². The molecule has 0 fully saturated rings. The van der Waals surface area contributed by atoms with Crippen LogP contribution in [0.15, 0.2) is 12.2 Å². The highest BCUT2D eigenvalue weighted by Crippen LogP contribution is 2.02. The van der Waals surface area contributed by atoms with Crippen molar-refractivity contribution in [3.63, 3.8) is 0 Å². The fraction of sp³-hybridized carbons (Fsp3) is 0.750. The molecule has 0 bridgehead atoms. The highest BCUT2D eigenvalue weighted by molar-refractivity contribution is 4.97. The topological polar surface area (TPSA) is 12.0 Å². The summed E-state index contributed by atoms with van der Waals surface area (Å²) in [5.41, 5.74) is 0. The molecule has 1 rings (SSSR count). The van der Waals surface area contributed by atoms with Gasteiger partial charge in [-0.3, -0.25) is 0 Å². The number of hydrogen-bond acceptors (Lipinski definition) is 1. The van der Waals surface area contributed by atoms with Crippen LogP contribution in [0.25, 0.3) is 0 Å². The lowest BCUT2D eigenvalue weighted by Gasteiger charge is -2.16. The molecule has 52 valence electrons. The second-order valence-corrected chi connectivity index (χ2v) is 2.57. The lowest BCUT2D eigenvalue weighted by Crippen LogP contribution is -2.30. The summed E-state index contributed by atoms with van der Waals surface area (Å²) in [7, 11) is 0. The van der Waals surface area contributed by atoms with Gasteiger partial charge in [-0.1, -0.05) is 25.5 Å². The van der Waals surface area contributed by atoms with Gasteiger partial charge in [0, 0.05) is 6.04 Å². The van der Waals surface area contributed by atoms with Crippen LogP contribution in [0.4, 0.5) is 0 Å². The van der Waals surface area contributed by atoms with Crippen LogP contribution in [0, 0.1) is 0 Å². The fourth-order valence-electron chi connectivity index (χ4n) is 1.19. The fourth-order valence-corrected chi connectivity index (χ4v) is 1.19. The predicted octanol–water partition coefficient (Wildman–Crippen LogP) is 1.70. The molecule has 1 atom stereocenters. The van der Waals surface area contributed by atoms with E-state index in [4.69, 9.17) is 0 Å². The number of hydrogen-bond donors (Lipinski definition) is 1. The zero-order chi connectivity index (χ0) is 6.53. The van der Waals surface area contributed by atoms with Crippen molar-refractivity contribution in [1.29, 1.82) is 0 Å². The molecule has 0 radical (unpaired) electrons. The molecule has 1 heterocycles. The van der Waals surface area contributed by atoms with Crippen molar-refractivity contribution in [3.8, 4) is 0 Å². The Kier molecular flexibility index (Phi) is 2.78. The van der Waals surface area contributed by atoms with Crippen LogP contribution in [0.3, 0.4) is 0 Å². The highest BCUT2D eigenvalue weighted by atomic mass is 14.9. The Hall–Kier alpha value is -0.300. The second kappa shape index (κ2) is 3.67. The Bertz CT molecular complexity index is 96.7. The van der Waals surface area contributed by atoms with E-state index < -0.39 is 0 Å². The maximum Gasteiger partial charge on any atom is 0.0250 e. The Morgan fingerprint density at radius 1 is 1.67 bits per heavy atom. The average Bonchev–Trinajstić information content (AvgIpc) is 1.91. The first-order valence-corrected chi connectivity index (χ1v) is 3.83. The van der Waals surface area contributed by atoms with Crippen molar-refractivity contribution in [1.82, 2.24) is 5.32 Å². The van der Waals surface area contributed by atoms with Crippen molar-refractivity contribution in [2.75, 3.05) is 6.54 Å². The van der Waals surface area contributed by atoms with Gasteiger partial charge in [0.15, 0.2) is 0 Å². The molecule has 0 aromatic carbocycles. The Morgan fingerprint density at radius 2 is 2.56 bits per heavy atom. The predicted molar refractivity (Wildman–Crippen MR) is 40.5 cm³/mol. The molecular formula is C8H15N. The van der Waals surface area contributed by atoms with Gasteiger partial charge in [0.2, 0.25) is 0 Å². The summed E-state index contributed by atoms with van der Waals surface area (Å²) in [5.74, 6) is 0. The van der Waals surface area contributed by atoms with Gasteiger partial charge in [0.25, 0.3) is 0 Å². The minimum absolute atomic E-state index is 0.670. The first-order valence-electron chi connectivity index (χ1n) is 3.83. The molecule has 9 heavy (non-hydrogen) atoms. The van der Waals surface area contributed by atoms with E-state index in [1.807, 2.05) is 0 Å². The summed E-state index contributed by atoms with van der Waals surface area (Å²) < 4.78 is 0. The monoisotopic (exact) mass is 125 g/mol. The molecule has 1 aliphatic heterocycles. The van der Waals surface area contributed by atoms with Gasteiger partial charge in [-0.2, -0.15) is 0 Å². The molecule has 1 nitrogen and oxygen atoms in total. The first kappa shape index (κ1) is 6.81. The molecular weight excluding hydrogens is 110 g/mol. The van der Waals surface area contributed by atoms with E-state index in [1.165, 1.54) is 25.8 Å². The zero-order valence-electron chi connectivity index (χ0n) is 6.06. The first-order chi connectivity index (χ1) is 4.43. The normalized spacial score (nSPS) is 26.6.